The summed E-state index contributed by atoms with van der Waals surface area (Å²) in [6.07, 6.45) is 23.7. The lowest BCUT2D eigenvalue weighted by atomic mass is 10.3. The van der Waals surface area contributed by atoms with Gasteiger partial charge in [-0.3, -0.25) is 0 Å². The minimum Gasteiger partial charge on any atom is -0.0994 e. The van der Waals surface area contributed by atoms with Crippen molar-refractivity contribution in [3.63, 3.8) is 0 Å². The summed E-state index contributed by atoms with van der Waals surface area (Å²) in [7, 11) is 0.605. The summed E-state index contributed by atoms with van der Waals surface area (Å²) in [5.41, 5.74) is 0. The van der Waals surface area contributed by atoms with Gasteiger partial charge in [-0.05, 0) is 55.7 Å². The van der Waals surface area contributed by atoms with Crippen LogP contribution >= 0.6 is 15.8 Å². The fraction of sp³-hybridized carbons (Fsp3) is 1.00. The van der Waals surface area contributed by atoms with E-state index in [1.165, 1.54) is 77.0 Å². The molecule has 0 radical (unpaired) electrons. The SMILES string of the molecule is CCCCCP(CCCCC)C(C)P(CCCCC)CCCCC. The van der Waals surface area contributed by atoms with Crippen LogP contribution in [0.5, 0.6) is 0 Å². The van der Waals surface area contributed by atoms with Gasteiger partial charge in [0.05, 0.1) is 0 Å². The zero-order valence-electron chi connectivity index (χ0n) is 17.8. The van der Waals surface area contributed by atoms with Crippen molar-refractivity contribution < 1.29 is 0 Å². The van der Waals surface area contributed by atoms with E-state index in [1.807, 2.05) is 0 Å². The first-order chi connectivity index (χ1) is 11.7. The summed E-state index contributed by atoms with van der Waals surface area (Å²) < 4.78 is 0. The van der Waals surface area contributed by atoms with Crippen LogP contribution in [0.4, 0.5) is 0 Å². The van der Waals surface area contributed by atoms with Crippen LogP contribution in [0.2, 0.25) is 0 Å². The first-order valence-electron chi connectivity index (χ1n) is 11.2. The third-order valence-electron chi connectivity index (χ3n) is 5.25. The van der Waals surface area contributed by atoms with Gasteiger partial charge in [0.2, 0.25) is 0 Å². The minimum atomic E-state index is 0.303. The van der Waals surface area contributed by atoms with Gasteiger partial charge >= 0.3 is 0 Å². The van der Waals surface area contributed by atoms with Gasteiger partial charge in [0, 0.05) is 0 Å². The Morgan fingerprint density at radius 3 is 0.917 bits per heavy atom. The largest absolute Gasteiger partial charge is 0.0994 e. The Morgan fingerprint density at radius 1 is 0.458 bits per heavy atom. The van der Waals surface area contributed by atoms with Gasteiger partial charge < -0.3 is 0 Å². The van der Waals surface area contributed by atoms with Gasteiger partial charge in [0.1, 0.15) is 0 Å². The van der Waals surface area contributed by atoms with Gasteiger partial charge in [-0.2, -0.15) is 0 Å². The minimum absolute atomic E-state index is 0.303. The van der Waals surface area contributed by atoms with E-state index in [1.54, 1.807) is 24.6 Å². The summed E-state index contributed by atoms with van der Waals surface area (Å²) in [4.78, 5) is 0. The first-order valence-corrected chi connectivity index (χ1v) is 14.7. The average molecular weight is 375 g/mol. The normalized spacial score (nSPS) is 12.0. The summed E-state index contributed by atoms with van der Waals surface area (Å²) in [6, 6.07) is 0. The predicted octanol–water partition coefficient (Wildman–Crippen LogP) is 9.06. The second-order valence-corrected chi connectivity index (χ2v) is 13.6. The quantitative estimate of drug-likeness (QED) is 0.166. The maximum Gasteiger partial charge on any atom is -0.00342 e. The molecule has 0 N–H and O–H groups in total. The van der Waals surface area contributed by atoms with Crippen LogP contribution in [0.25, 0.3) is 0 Å². The number of unbranched alkanes of at least 4 members (excludes halogenated alkanes) is 8. The second-order valence-electron chi connectivity index (χ2n) is 7.53. The molecule has 0 saturated heterocycles. The van der Waals surface area contributed by atoms with Crippen molar-refractivity contribution in [2.24, 2.45) is 0 Å². The van der Waals surface area contributed by atoms with Crippen LogP contribution in [0.15, 0.2) is 0 Å². The van der Waals surface area contributed by atoms with E-state index in [0.29, 0.717) is 15.8 Å². The third kappa shape index (κ3) is 13.1. The summed E-state index contributed by atoms with van der Waals surface area (Å²) in [5, 5.41) is 1.08. The van der Waals surface area contributed by atoms with E-state index in [4.69, 9.17) is 0 Å². The van der Waals surface area contributed by atoms with Crippen LogP contribution in [-0.2, 0) is 0 Å². The van der Waals surface area contributed by atoms with Crippen LogP contribution < -0.4 is 0 Å². The zero-order chi connectivity index (χ0) is 18.0. The summed E-state index contributed by atoms with van der Waals surface area (Å²) in [6.45, 7) is 12.1. The summed E-state index contributed by atoms with van der Waals surface area (Å²) in [5.74, 6) is 0. The molecule has 24 heavy (non-hydrogen) atoms. The molecular formula is C22H48P2. The van der Waals surface area contributed by atoms with Crippen molar-refractivity contribution >= 4 is 15.8 Å². The van der Waals surface area contributed by atoms with E-state index in [9.17, 15) is 0 Å². The lowest BCUT2D eigenvalue weighted by molar-refractivity contribution is 0.756. The highest BCUT2D eigenvalue weighted by Crippen LogP contribution is 2.59. The summed E-state index contributed by atoms with van der Waals surface area (Å²) >= 11 is 0. The van der Waals surface area contributed by atoms with E-state index < -0.39 is 0 Å². The van der Waals surface area contributed by atoms with E-state index in [2.05, 4.69) is 34.6 Å². The first kappa shape index (κ1) is 24.9. The molecule has 0 saturated carbocycles. The Morgan fingerprint density at radius 2 is 0.708 bits per heavy atom. The number of rotatable bonds is 18. The van der Waals surface area contributed by atoms with Gasteiger partial charge in [0.15, 0.2) is 0 Å². The van der Waals surface area contributed by atoms with Crippen molar-refractivity contribution in [1.29, 1.82) is 0 Å². The van der Waals surface area contributed by atoms with Crippen molar-refractivity contribution in [2.45, 2.75) is 117 Å². The average Bonchev–Trinajstić information content (AvgIpc) is 2.59. The molecule has 0 atom stereocenters. The molecule has 0 aromatic carbocycles. The molecular weight excluding hydrogens is 326 g/mol. The Hall–Kier alpha value is 0.860. The highest BCUT2D eigenvalue weighted by molar-refractivity contribution is 7.75. The van der Waals surface area contributed by atoms with Crippen molar-refractivity contribution in [3.8, 4) is 0 Å². The Bertz CT molecular complexity index is 198. The monoisotopic (exact) mass is 374 g/mol. The molecule has 0 heterocycles. The molecule has 0 nitrogen and oxygen atoms in total. The fourth-order valence-corrected chi connectivity index (χ4v) is 11.2. The highest BCUT2D eigenvalue weighted by atomic mass is 31.2. The number of hydrogen-bond donors (Lipinski definition) is 0. The van der Waals surface area contributed by atoms with Gasteiger partial charge in [-0.1, -0.05) is 102 Å². The smallest absolute Gasteiger partial charge is 0.00342 e. The van der Waals surface area contributed by atoms with Crippen molar-refractivity contribution in [1.82, 2.24) is 0 Å². The van der Waals surface area contributed by atoms with Gasteiger partial charge in [-0.15, -0.1) is 0 Å². The van der Waals surface area contributed by atoms with E-state index >= 15 is 0 Å². The van der Waals surface area contributed by atoms with Crippen molar-refractivity contribution in [3.05, 3.63) is 0 Å². The van der Waals surface area contributed by atoms with Gasteiger partial charge in [0.25, 0.3) is 0 Å². The topological polar surface area (TPSA) is 0 Å². The lowest BCUT2D eigenvalue weighted by Crippen LogP contribution is -2.09. The van der Waals surface area contributed by atoms with E-state index in [0.717, 1.165) is 5.40 Å². The molecule has 0 spiro atoms. The molecule has 0 bridgehead atoms. The molecule has 0 unspecified atom stereocenters. The van der Waals surface area contributed by atoms with E-state index in [-0.39, 0.29) is 0 Å². The molecule has 0 aliphatic carbocycles. The molecule has 0 fully saturated rings. The second kappa shape index (κ2) is 18.6. The molecule has 0 aromatic heterocycles. The van der Waals surface area contributed by atoms with Gasteiger partial charge in [-0.25, -0.2) is 0 Å². The molecule has 0 aromatic rings. The fourth-order valence-electron chi connectivity index (χ4n) is 3.46. The Labute approximate surface area is 157 Å². The maximum absolute atomic E-state index is 2.67. The molecule has 0 aliphatic heterocycles. The molecule has 146 valence electrons. The molecule has 0 aliphatic rings. The van der Waals surface area contributed by atoms with Crippen molar-refractivity contribution in [2.75, 3.05) is 24.6 Å². The highest BCUT2D eigenvalue weighted by Gasteiger charge is 2.23. The van der Waals surface area contributed by atoms with Crippen LogP contribution in [0.1, 0.15) is 112 Å². The molecule has 2 heteroatoms. The van der Waals surface area contributed by atoms with Crippen LogP contribution in [-0.4, -0.2) is 30.0 Å². The molecule has 0 amide bonds. The predicted molar refractivity (Wildman–Crippen MR) is 121 cm³/mol. The Balaban J connectivity index is 4.61. The van der Waals surface area contributed by atoms with Crippen LogP contribution in [0, 0.1) is 0 Å². The lowest BCUT2D eigenvalue weighted by Gasteiger charge is -2.33. The molecule has 0 rings (SSSR count). The standard InChI is InChI=1S/C22H48P2/c1-6-10-14-18-23(19-15-11-7-2)22(5)24(20-16-12-8-3)21-17-13-9-4/h22H,6-21H2,1-5H3. The number of hydrogen-bond acceptors (Lipinski definition) is 0. The maximum atomic E-state index is 2.67. The van der Waals surface area contributed by atoms with Crippen LogP contribution in [0.3, 0.4) is 0 Å². The zero-order valence-corrected chi connectivity index (χ0v) is 19.6. The third-order valence-corrected chi connectivity index (χ3v) is 12.9. The Kier molecular flexibility index (Phi) is 19.3.